The van der Waals surface area contributed by atoms with Gasteiger partial charge in [-0.25, -0.2) is 0 Å². The Labute approximate surface area is 123 Å². The molecule has 0 N–H and O–H groups in total. The van der Waals surface area contributed by atoms with Gasteiger partial charge in [-0.15, -0.1) is 11.6 Å². The van der Waals surface area contributed by atoms with Crippen molar-refractivity contribution in [2.75, 3.05) is 12.4 Å². The average Bonchev–Trinajstić information content (AvgIpc) is 2.42. The van der Waals surface area contributed by atoms with Crippen molar-refractivity contribution in [3.8, 4) is 0 Å². The Hall–Kier alpha value is -0.530. The number of hydrogen-bond donors (Lipinski definition) is 0. The Morgan fingerprint density at radius 2 is 1.95 bits per heavy atom. The van der Waals surface area contributed by atoms with E-state index in [9.17, 15) is 0 Å². The molecule has 2 heteroatoms. The molecular formula is C17H26ClN. The van der Waals surface area contributed by atoms with Crippen molar-refractivity contribution in [1.82, 2.24) is 4.90 Å². The molecule has 1 atom stereocenters. The van der Waals surface area contributed by atoms with Gasteiger partial charge in [0.25, 0.3) is 0 Å². The highest BCUT2D eigenvalue weighted by molar-refractivity contribution is 6.17. The van der Waals surface area contributed by atoms with E-state index in [1.165, 1.54) is 36.9 Å². The van der Waals surface area contributed by atoms with Crippen molar-refractivity contribution >= 4 is 11.6 Å². The summed E-state index contributed by atoms with van der Waals surface area (Å²) in [7, 11) is 0. The van der Waals surface area contributed by atoms with Gasteiger partial charge in [-0.3, -0.25) is 4.90 Å². The minimum atomic E-state index is 0.619. The highest BCUT2D eigenvalue weighted by atomic mass is 35.5. The number of benzene rings is 1. The van der Waals surface area contributed by atoms with Gasteiger partial charge in [0.15, 0.2) is 0 Å². The van der Waals surface area contributed by atoms with Crippen LogP contribution in [-0.2, 0) is 6.54 Å². The van der Waals surface area contributed by atoms with Gasteiger partial charge < -0.3 is 0 Å². The lowest BCUT2D eigenvalue weighted by Crippen LogP contribution is -2.39. The van der Waals surface area contributed by atoms with Gasteiger partial charge in [-0.05, 0) is 42.9 Å². The summed E-state index contributed by atoms with van der Waals surface area (Å²) in [5.74, 6) is 1.40. The zero-order valence-electron chi connectivity index (χ0n) is 12.2. The normalized spacial score (nSPS) is 20.9. The van der Waals surface area contributed by atoms with E-state index < -0.39 is 0 Å². The van der Waals surface area contributed by atoms with Crippen LogP contribution < -0.4 is 0 Å². The van der Waals surface area contributed by atoms with E-state index in [4.69, 9.17) is 11.6 Å². The number of piperidine rings is 1. The molecule has 1 aliphatic heterocycles. The molecule has 1 unspecified atom stereocenters. The zero-order chi connectivity index (χ0) is 13.7. The molecule has 0 radical (unpaired) electrons. The second-order valence-electron chi connectivity index (χ2n) is 5.99. The lowest BCUT2D eigenvalue weighted by atomic mass is 9.98. The fraction of sp³-hybridized carbons (Fsp3) is 0.647. The molecule has 1 aliphatic rings. The van der Waals surface area contributed by atoms with E-state index in [2.05, 4.69) is 43.0 Å². The Morgan fingerprint density at radius 3 is 2.58 bits per heavy atom. The van der Waals surface area contributed by atoms with Gasteiger partial charge in [0, 0.05) is 18.5 Å². The SMILES string of the molecule is CC(C)c1ccc(CN2CCCCC2CCCl)cc1. The van der Waals surface area contributed by atoms with Gasteiger partial charge in [0.05, 0.1) is 0 Å². The van der Waals surface area contributed by atoms with Crippen LogP contribution in [0.3, 0.4) is 0 Å². The molecule has 1 aromatic rings. The third-order valence-electron chi connectivity index (χ3n) is 4.22. The molecule has 106 valence electrons. The number of hydrogen-bond acceptors (Lipinski definition) is 1. The highest BCUT2D eigenvalue weighted by Gasteiger charge is 2.21. The molecule has 1 nitrogen and oxygen atoms in total. The molecule has 2 rings (SSSR count). The molecule has 0 aromatic heterocycles. The summed E-state index contributed by atoms with van der Waals surface area (Å²) >= 11 is 5.93. The van der Waals surface area contributed by atoms with Gasteiger partial charge in [0.2, 0.25) is 0 Å². The zero-order valence-corrected chi connectivity index (χ0v) is 13.0. The summed E-state index contributed by atoms with van der Waals surface area (Å²) in [6, 6.07) is 9.83. The van der Waals surface area contributed by atoms with Crippen LogP contribution in [0.1, 0.15) is 56.6 Å². The smallest absolute Gasteiger partial charge is 0.0238 e. The van der Waals surface area contributed by atoms with Gasteiger partial charge in [0.1, 0.15) is 0 Å². The second-order valence-corrected chi connectivity index (χ2v) is 6.37. The molecule has 0 saturated carbocycles. The van der Waals surface area contributed by atoms with Crippen molar-refractivity contribution in [3.63, 3.8) is 0 Å². The topological polar surface area (TPSA) is 3.24 Å². The molecule has 0 spiro atoms. The van der Waals surface area contributed by atoms with Crippen LogP contribution in [0.15, 0.2) is 24.3 Å². The number of rotatable bonds is 5. The monoisotopic (exact) mass is 279 g/mol. The van der Waals surface area contributed by atoms with E-state index in [1.54, 1.807) is 0 Å². The Morgan fingerprint density at radius 1 is 1.21 bits per heavy atom. The van der Waals surface area contributed by atoms with Crippen LogP contribution in [0, 0.1) is 0 Å². The Kier molecular flexibility index (Phi) is 5.72. The second kappa shape index (κ2) is 7.31. The van der Waals surface area contributed by atoms with Crippen molar-refractivity contribution in [3.05, 3.63) is 35.4 Å². The number of halogens is 1. The predicted octanol–water partition coefficient (Wildman–Crippen LogP) is 4.79. The van der Waals surface area contributed by atoms with Crippen molar-refractivity contribution in [2.45, 2.75) is 58.0 Å². The summed E-state index contributed by atoms with van der Waals surface area (Å²) in [6.07, 6.45) is 5.15. The van der Waals surface area contributed by atoms with Gasteiger partial charge in [-0.2, -0.15) is 0 Å². The minimum absolute atomic E-state index is 0.619. The van der Waals surface area contributed by atoms with Gasteiger partial charge in [-0.1, -0.05) is 44.5 Å². The third kappa shape index (κ3) is 4.22. The molecule has 1 fully saturated rings. The highest BCUT2D eigenvalue weighted by Crippen LogP contribution is 2.23. The van der Waals surface area contributed by atoms with Crippen molar-refractivity contribution in [2.24, 2.45) is 0 Å². The number of alkyl halides is 1. The fourth-order valence-electron chi connectivity index (χ4n) is 2.96. The molecule has 19 heavy (non-hydrogen) atoms. The quantitative estimate of drug-likeness (QED) is 0.700. The molecule has 0 aliphatic carbocycles. The Balaban J connectivity index is 1.98. The molecule has 1 aromatic carbocycles. The summed E-state index contributed by atoms with van der Waals surface area (Å²) < 4.78 is 0. The Bertz CT molecular complexity index is 369. The lowest BCUT2D eigenvalue weighted by Gasteiger charge is -2.35. The van der Waals surface area contributed by atoms with E-state index >= 15 is 0 Å². The fourth-order valence-corrected chi connectivity index (χ4v) is 3.22. The summed E-state index contributed by atoms with van der Waals surface area (Å²) in [5.41, 5.74) is 2.87. The van der Waals surface area contributed by atoms with Crippen LogP contribution >= 0.6 is 11.6 Å². The molecular weight excluding hydrogens is 254 g/mol. The van der Waals surface area contributed by atoms with Crippen LogP contribution in [-0.4, -0.2) is 23.4 Å². The first-order valence-corrected chi connectivity index (χ1v) is 8.13. The van der Waals surface area contributed by atoms with E-state index in [0.717, 1.165) is 18.8 Å². The maximum atomic E-state index is 5.93. The van der Waals surface area contributed by atoms with Crippen LogP contribution in [0.2, 0.25) is 0 Å². The minimum Gasteiger partial charge on any atom is -0.296 e. The lowest BCUT2D eigenvalue weighted by molar-refractivity contribution is 0.137. The average molecular weight is 280 g/mol. The third-order valence-corrected chi connectivity index (χ3v) is 4.44. The number of likely N-dealkylation sites (tertiary alicyclic amines) is 1. The molecule has 0 bridgehead atoms. The maximum Gasteiger partial charge on any atom is 0.0238 e. The first kappa shape index (κ1) is 14.9. The van der Waals surface area contributed by atoms with E-state index in [-0.39, 0.29) is 0 Å². The van der Waals surface area contributed by atoms with Crippen molar-refractivity contribution in [1.29, 1.82) is 0 Å². The standard InChI is InChI=1S/C17H26ClN/c1-14(2)16-8-6-15(7-9-16)13-19-12-4-3-5-17(19)10-11-18/h6-9,14,17H,3-5,10-13H2,1-2H3. The summed E-state index contributed by atoms with van der Waals surface area (Å²) in [6.45, 7) is 6.81. The first-order chi connectivity index (χ1) is 9.20. The molecule has 0 amide bonds. The number of nitrogens with zero attached hydrogens (tertiary/aromatic N) is 1. The van der Waals surface area contributed by atoms with Crippen molar-refractivity contribution < 1.29 is 0 Å². The maximum absolute atomic E-state index is 5.93. The van der Waals surface area contributed by atoms with Crippen LogP contribution in [0.25, 0.3) is 0 Å². The summed E-state index contributed by atoms with van der Waals surface area (Å²) in [5, 5.41) is 0. The molecule has 1 saturated heterocycles. The predicted molar refractivity (Wildman–Crippen MR) is 83.9 cm³/mol. The van der Waals surface area contributed by atoms with E-state index in [0.29, 0.717) is 12.0 Å². The van der Waals surface area contributed by atoms with Crippen LogP contribution in [0.5, 0.6) is 0 Å². The van der Waals surface area contributed by atoms with Crippen LogP contribution in [0.4, 0.5) is 0 Å². The molecule has 1 heterocycles. The van der Waals surface area contributed by atoms with Gasteiger partial charge >= 0.3 is 0 Å². The van der Waals surface area contributed by atoms with E-state index in [1.807, 2.05) is 0 Å². The first-order valence-electron chi connectivity index (χ1n) is 7.59. The largest absolute Gasteiger partial charge is 0.296 e. The summed E-state index contributed by atoms with van der Waals surface area (Å²) in [4.78, 5) is 2.62.